The number of fused-ring (bicyclic) bond motifs is 1. The van der Waals surface area contributed by atoms with Gasteiger partial charge in [0.15, 0.2) is 0 Å². The second kappa shape index (κ2) is 5.36. The van der Waals surface area contributed by atoms with Crippen molar-refractivity contribution in [2.24, 2.45) is 11.1 Å². The molecule has 3 N–H and O–H groups in total. The molecule has 2 heterocycles. The Morgan fingerprint density at radius 1 is 1.35 bits per heavy atom. The Bertz CT molecular complexity index is 584. The van der Waals surface area contributed by atoms with Crippen LogP contribution in [0.25, 0.3) is 5.78 Å². The van der Waals surface area contributed by atoms with Crippen LogP contribution >= 0.6 is 0 Å². The van der Waals surface area contributed by atoms with E-state index in [0.717, 1.165) is 24.6 Å². The lowest BCUT2D eigenvalue weighted by Gasteiger charge is -2.36. The molecule has 2 aromatic heterocycles. The number of hydrogen-bond donors (Lipinski definition) is 2. The molecule has 0 aromatic carbocycles. The third kappa shape index (κ3) is 2.47. The van der Waals surface area contributed by atoms with Crippen LogP contribution in [-0.2, 0) is 0 Å². The predicted molar refractivity (Wildman–Crippen MR) is 78.6 cm³/mol. The molecule has 6 heteroatoms. The lowest BCUT2D eigenvalue weighted by atomic mass is 9.74. The van der Waals surface area contributed by atoms with Gasteiger partial charge in [0.25, 0.3) is 5.78 Å². The van der Waals surface area contributed by atoms with Crippen LogP contribution in [0.5, 0.6) is 0 Å². The maximum atomic E-state index is 6.04. The smallest absolute Gasteiger partial charge is 0.254 e. The molecule has 20 heavy (non-hydrogen) atoms. The summed E-state index contributed by atoms with van der Waals surface area (Å²) in [7, 11) is 0. The molecule has 0 bridgehead atoms. The summed E-state index contributed by atoms with van der Waals surface area (Å²) in [6.45, 7) is 3.60. The minimum absolute atomic E-state index is 0.225. The Kier molecular flexibility index (Phi) is 3.56. The highest BCUT2D eigenvalue weighted by Gasteiger charge is 2.30. The van der Waals surface area contributed by atoms with Crippen LogP contribution in [-0.4, -0.2) is 32.7 Å². The van der Waals surface area contributed by atoms with Crippen LogP contribution < -0.4 is 11.1 Å². The molecule has 1 aliphatic carbocycles. The fourth-order valence-electron chi connectivity index (χ4n) is 3.09. The van der Waals surface area contributed by atoms with E-state index in [9.17, 15) is 0 Å². The summed E-state index contributed by atoms with van der Waals surface area (Å²) >= 11 is 0. The first kappa shape index (κ1) is 13.3. The number of nitrogens with zero attached hydrogens (tertiary/aromatic N) is 4. The van der Waals surface area contributed by atoms with Gasteiger partial charge in [-0.15, -0.1) is 0 Å². The van der Waals surface area contributed by atoms with E-state index in [0.29, 0.717) is 5.78 Å². The molecule has 0 radical (unpaired) electrons. The van der Waals surface area contributed by atoms with Gasteiger partial charge in [-0.1, -0.05) is 19.3 Å². The van der Waals surface area contributed by atoms with E-state index in [4.69, 9.17) is 5.73 Å². The molecule has 0 saturated heterocycles. The molecular formula is C14H22N6. The van der Waals surface area contributed by atoms with Crippen molar-refractivity contribution in [2.75, 3.05) is 18.4 Å². The van der Waals surface area contributed by atoms with Gasteiger partial charge in [0, 0.05) is 18.3 Å². The Labute approximate surface area is 118 Å². The summed E-state index contributed by atoms with van der Waals surface area (Å²) in [5.41, 5.74) is 7.21. The molecule has 1 saturated carbocycles. The Morgan fingerprint density at radius 3 is 2.90 bits per heavy atom. The van der Waals surface area contributed by atoms with Crippen LogP contribution in [0.1, 0.15) is 37.8 Å². The van der Waals surface area contributed by atoms with Crippen LogP contribution in [0, 0.1) is 12.3 Å². The van der Waals surface area contributed by atoms with Crippen molar-refractivity contribution in [3.8, 4) is 0 Å². The van der Waals surface area contributed by atoms with Gasteiger partial charge in [-0.05, 0) is 31.7 Å². The second-order valence-corrected chi connectivity index (χ2v) is 5.87. The molecule has 0 amide bonds. The number of aromatic nitrogens is 4. The summed E-state index contributed by atoms with van der Waals surface area (Å²) in [6, 6.07) is 2.01. The van der Waals surface area contributed by atoms with Crippen molar-refractivity contribution >= 4 is 11.6 Å². The molecule has 1 aliphatic rings. The molecule has 0 spiro atoms. The number of hydrogen-bond acceptors (Lipinski definition) is 5. The first-order valence-corrected chi connectivity index (χ1v) is 7.34. The number of nitrogens with two attached hydrogens (primary N) is 1. The van der Waals surface area contributed by atoms with Crippen molar-refractivity contribution in [3.63, 3.8) is 0 Å². The average molecular weight is 274 g/mol. The van der Waals surface area contributed by atoms with Gasteiger partial charge in [0.1, 0.15) is 12.1 Å². The number of nitrogens with one attached hydrogen (secondary N) is 1. The van der Waals surface area contributed by atoms with E-state index in [-0.39, 0.29) is 5.41 Å². The van der Waals surface area contributed by atoms with E-state index >= 15 is 0 Å². The molecule has 0 unspecified atom stereocenters. The Balaban J connectivity index is 1.80. The van der Waals surface area contributed by atoms with Crippen LogP contribution in [0.2, 0.25) is 0 Å². The number of anilines is 1. The molecule has 1 fully saturated rings. The van der Waals surface area contributed by atoms with Gasteiger partial charge >= 0.3 is 0 Å². The zero-order chi connectivity index (χ0) is 14.0. The van der Waals surface area contributed by atoms with Gasteiger partial charge < -0.3 is 11.1 Å². The van der Waals surface area contributed by atoms with Gasteiger partial charge in [0.2, 0.25) is 0 Å². The molecule has 0 atom stereocenters. The van der Waals surface area contributed by atoms with Crippen LogP contribution in [0.3, 0.4) is 0 Å². The van der Waals surface area contributed by atoms with Crippen molar-refractivity contribution < 1.29 is 0 Å². The standard InChI is InChI=1S/C14H22N6/c1-11-7-12(20-13(19-11)17-10-18-20)16-9-14(8-15)5-3-2-4-6-14/h7,10,16H,2-6,8-9,15H2,1H3. The monoisotopic (exact) mass is 274 g/mol. The first-order chi connectivity index (χ1) is 9.72. The van der Waals surface area contributed by atoms with Gasteiger partial charge in [-0.3, -0.25) is 0 Å². The highest BCUT2D eigenvalue weighted by atomic mass is 15.3. The van der Waals surface area contributed by atoms with Crippen molar-refractivity contribution in [1.82, 2.24) is 19.6 Å². The minimum Gasteiger partial charge on any atom is -0.369 e. The summed E-state index contributed by atoms with van der Waals surface area (Å²) in [6.07, 6.45) is 7.86. The first-order valence-electron chi connectivity index (χ1n) is 7.34. The average Bonchev–Trinajstić information content (AvgIpc) is 2.94. The Morgan fingerprint density at radius 2 is 2.15 bits per heavy atom. The van der Waals surface area contributed by atoms with E-state index in [2.05, 4.69) is 20.4 Å². The molecule has 108 valence electrons. The third-order valence-corrected chi connectivity index (χ3v) is 4.37. The van der Waals surface area contributed by atoms with Crippen molar-refractivity contribution in [3.05, 3.63) is 18.1 Å². The third-order valence-electron chi connectivity index (χ3n) is 4.37. The van der Waals surface area contributed by atoms with Crippen LogP contribution in [0.15, 0.2) is 12.4 Å². The summed E-state index contributed by atoms with van der Waals surface area (Å²) in [5, 5.41) is 7.74. The predicted octanol–water partition coefficient (Wildman–Crippen LogP) is 1.75. The molecule has 3 rings (SSSR count). The molecule has 6 nitrogen and oxygen atoms in total. The zero-order valence-electron chi connectivity index (χ0n) is 12.0. The van der Waals surface area contributed by atoms with Crippen LogP contribution in [0.4, 0.5) is 5.82 Å². The SMILES string of the molecule is Cc1cc(NCC2(CN)CCCCC2)n2ncnc2n1. The Hall–Kier alpha value is -1.69. The van der Waals surface area contributed by atoms with Crippen molar-refractivity contribution in [2.45, 2.75) is 39.0 Å². The van der Waals surface area contributed by atoms with E-state index < -0.39 is 0 Å². The highest BCUT2D eigenvalue weighted by molar-refractivity contribution is 5.44. The lowest BCUT2D eigenvalue weighted by Crippen LogP contribution is -2.39. The second-order valence-electron chi connectivity index (χ2n) is 5.87. The van der Waals surface area contributed by atoms with Gasteiger partial charge in [0.05, 0.1) is 0 Å². The topological polar surface area (TPSA) is 81.1 Å². The van der Waals surface area contributed by atoms with Crippen molar-refractivity contribution in [1.29, 1.82) is 0 Å². The summed E-state index contributed by atoms with van der Waals surface area (Å²) < 4.78 is 1.75. The summed E-state index contributed by atoms with van der Waals surface area (Å²) in [4.78, 5) is 8.50. The number of rotatable bonds is 4. The normalized spacial score (nSPS) is 18.3. The fourth-order valence-corrected chi connectivity index (χ4v) is 3.09. The molecule has 0 aliphatic heterocycles. The minimum atomic E-state index is 0.225. The van der Waals surface area contributed by atoms with Gasteiger partial charge in [-0.25, -0.2) is 4.98 Å². The maximum absolute atomic E-state index is 6.04. The molecular weight excluding hydrogens is 252 g/mol. The van der Waals surface area contributed by atoms with E-state index in [1.807, 2.05) is 13.0 Å². The van der Waals surface area contributed by atoms with E-state index in [1.54, 1.807) is 4.52 Å². The summed E-state index contributed by atoms with van der Waals surface area (Å²) in [5.74, 6) is 1.58. The zero-order valence-corrected chi connectivity index (χ0v) is 12.0. The van der Waals surface area contributed by atoms with E-state index in [1.165, 1.54) is 38.4 Å². The number of aryl methyl sites for hydroxylation is 1. The molecule has 2 aromatic rings. The fraction of sp³-hybridized carbons (Fsp3) is 0.643. The lowest BCUT2D eigenvalue weighted by molar-refractivity contribution is 0.215. The van der Waals surface area contributed by atoms with Gasteiger partial charge in [-0.2, -0.15) is 14.6 Å². The highest BCUT2D eigenvalue weighted by Crippen LogP contribution is 2.35. The maximum Gasteiger partial charge on any atom is 0.254 e. The largest absolute Gasteiger partial charge is 0.369 e. The quantitative estimate of drug-likeness (QED) is 0.887.